The maximum Gasteiger partial charge on any atom is 0.181 e. The predicted octanol–water partition coefficient (Wildman–Crippen LogP) is 3.16. The van der Waals surface area contributed by atoms with Gasteiger partial charge in [0.2, 0.25) is 0 Å². The molecular weight excluding hydrogens is 260 g/mol. The van der Waals surface area contributed by atoms with Gasteiger partial charge in [0.15, 0.2) is 5.60 Å². The fourth-order valence-electron chi connectivity index (χ4n) is 3.55. The molecule has 2 aliphatic heterocycles. The molecule has 0 spiro atoms. The zero-order valence-electron chi connectivity index (χ0n) is 12.9. The van der Waals surface area contributed by atoms with E-state index in [0.29, 0.717) is 6.61 Å². The van der Waals surface area contributed by atoms with Crippen LogP contribution in [0.4, 0.5) is 0 Å². The van der Waals surface area contributed by atoms with Crippen molar-refractivity contribution >= 4 is 0 Å². The second-order valence-corrected chi connectivity index (χ2v) is 6.35. The molecule has 0 amide bonds. The van der Waals surface area contributed by atoms with Gasteiger partial charge in [-0.25, -0.2) is 0 Å². The Morgan fingerprint density at radius 2 is 2.10 bits per heavy atom. The van der Waals surface area contributed by atoms with Crippen LogP contribution in [0.3, 0.4) is 0 Å². The van der Waals surface area contributed by atoms with Gasteiger partial charge in [0.25, 0.3) is 0 Å². The summed E-state index contributed by atoms with van der Waals surface area (Å²) < 4.78 is 6.00. The maximum absolute atomic E-state index is 9.82. The Morgan fingerprint density at radius 1 is 1.29 bits per heavy atom. The van der Waals surface area contributed by atoms with Gasteiger partial charge in [0.05, 0.1) is 6.61 Å². The van der Waals surface area contributed by atoms with E-state index in [2.05, 4.69) is 36.1 Å². The number of hydrogen-bond acceptors (Lipinski definition) is 3. The van der Waals surface area contributed by atoms with Crippen LogP contribution in [0.15, 0.2) is 18.2 Å². The molecule has 2 aliphatic rings. The minimum Gasteiger partial charge on any atom is -0.355 e. The molecular formula is C18H24N2O. The topological polar surface area (TPSA) is 36.3 Å². The lowest BCUT2D eigenvalue weighted by Crippen LogP contribution is -2.39. The van der Waals surface area contributed by atoms with Crippen LogP contribution in [-0.2, 0) is 16.8 Å². The Balaban J connectivity index is 1.81. The Hall–Kier alpha value is -1.37. The highest BCUT2D eigenvalue weighted by Crippen LogP contribution is 2.36. The molecule has 21 heavy (non-hydrogen) atoms. The number of hydrogen-bond donors (Lipinski definition) is 0. The number of aryl methyl sites for hydroxylation is 1. The minimum absolute atomic E-state index is 0.656. The van der Waals surface area contributed by atoms with E-state index in [1.807, 2.05) is 0 Å². The van der Waals surface area contributed by atoms with Gasteiger partial charge in [-0.05, 0) is 44.8 Å². The second-order valence-electron chi connectivity index (χ2n) is 6.35. The SMILES string of the molecule is Cc1ccc2c(c1)C(C#N)(CCN1CCCCC1)OCC2. The smallest absolute Gasteiger partial charge is 0.181 e. The van der Waals surface area contributed by atoms with Gasteiger partial charge in [0.1, 0.15) is 6.07 Å². The van der Waals surface area contributed by atoms with Crippen LogP contribution >= 0.6 is 0 Å². The first-order chi connectivity index (χ1) is 10.2. The molecule has 2 heterocycles. The highest BCUT2D eigenvalue weighted by Gasteiger charge is 2.38. The molecule has 3 heteroatoms. The van der Waals surface area contributed by atoms with E-state index >= 15 is 0 Å². The van der Waals surface area contributed by atoms with E-state index < -0.39 is 5.60 Å². The summed E-state index contributed by atoms with van der Waals surface area (Å²) in [7, 11) is 0. The molecule has 3 nitrogen and oxygen atoms in total. The summed E-state index contributed by atoms with van der Waals surface area (Å²) >= 11 is 0. The molecule has 0 aromatic heterocycles. The number of rotatable bonds is 3. The minimum atomic E-state index is -0.739. The zero-order valence-corrected chi connectivity index (χ0v) is 12.9. The summed E-state index contributed by atoms with van der Waals surface area (Å²) in [6, 6.07) is 8.94. The van der Waals surface area contributed by atoms with Crippen molar-refractivity contribution in [3.8, 4) is 6.07 Å². The Bertz CT molecular complexity index is 543. The average Bonchev–Trinajstić information content (AvgIpc) is 2.54. The second kappa shape index (κ2) is 6.17. The van der Waals surface area contributed by atoms with Crippen LogP contribution in [-0.4, -0.2) is 31.1 Å². The highest BCUT2D eigenvalue weighted by atomic mass is 16.5. The molecule has 0 N–H and O–H groups in total. The van der Waals surface area contributed by atoms with Gasteiger partial charge in [0, 0.05) is 18.5 Å². The van der Waals surface area contributed by atoms with Gasteiger partial charge < -0.3 is 9.64 Å². The van der Waals surface area contributed by atoms with E-state index in [1.165, 1.54) is 43.5 Å². The van der Waals surface area contributed by atoms with Gasteiger partial charge in [-0.2, -0.15) is 5.26 Å². The Labute approximate surface area is 127 Å². The predicted molar refractivity (Wildman–Crippen MR) is 83.0 cm³/mol. The summed E-state index contributed by atoms with van der Waals surface area (Å²) in [5.41, 5.74) is 2.86. The zero-order chi connectivity index (χ0) is 14.7. The summed E-state index contributed by atoms with van der Waals surface area (Å²) in [6.45, 7) is 6.04. The van der Waals surface area contributed by atoms with Crippen molar-refractivity contribution in [2.75, 3.05) is 26.2 Å². The molecule has 0 saturated carbocycles. The molecule has 1 unspecified atom stereocenters. The third-order valence-electron chi connectivity index (χ3n) is 4.83. The lowest BCUT2D eigenvalue weighted by molar-refractivity contribution is -0.0289. The average molecular weight is 284 g/mol. The van der Waals surface area contributed by atoms with Crippen LogP contribution < -0.4 is 0 Å². The summed E-state index contributed by atoms with van der Waals surface area (Å²) in [5.74, 6) is 0. The van der Waals surface area contributed by atoms with Crippen LogP contribution in [0, 0.1) is 18.3 Å². The lowest BCUT2D eigenvalue weighted by Gasteiger charge is -2.36. The third kappa shape index (κ3) is 2.97. The van der Waals surface area contributed by atoms with Crippen molar-refractivity contribution in [2.24, 2.45) is 0 Å². The lowest BCUT2D eigenvalue weighted by atomic mass is 9.83. The van der Waals surface area contributed by atoms with Crippen LogP contribution in [0.2, 0.25) is 0 Å². The molecule has 1 aromatic rings. The van der Waals surface area contributed by atoms with E-state index in [1.54, 1.807) is 0 Å². The van der Waals surface area contributed by atoms with Crippen molar-refractivity contribution in [2.45, 2.75) is 44.6 Å². The molecule has 0 aliphatic carbocycles. The molecule has 1 aromatic carbocycles. The first kappa shape index (κ1) is 14.6. The van der Waals surface area contributed by atoms with Gasteiger partial charge >= 0.3 is 0 Å². The van der Waals surface area contributed by atoms with Crippen LogP contribution in [0.1, 0.15) is 42.4 Å². The Morgan fingerprint density at radius 3 is 2.86 bits per heavy atom. The first-order valence-corrected chi connectivity index (χ1v) is 8.11. The number of nitrogens with zero attached hydrogens (tertiary/aromatic N) is 2. The van der Waals surface area contributed by atoms with Gasteiger partial charge in [-0.1, -0.05) is 30.2 Å². The van der Waals surface area contributed by atoms with Crippen molar-refractivity contribution in [1.82, 2.24) is 4.90 Å². The monoisotopic (exact) mass is 284 g/mol. The molecule has 112 valence electrons. The summed E-state index contributed by atoms with van der Waals surface area (Å²) in [6.07, 6.45) is 5.62. The molecule has 3 rings (SSSR count). The normalized spacial score (nSPS) is 26.1. The molecule has 0 radical (unpaired) electrons. The fraction of sp³-hybridized carbons (Fsp3) is 0.611. The number of nitriles is 1. The molecule has 1 atom stereocenters. The van der Waals surface area contributed by atoms with Crippen LogP contribution in [0.5, 0.6) is 0 Å². The fourth-order valence-corrected chi connectivity index (χ4v) is 3.55. The molecule has 1 saturated heterocycles. The number of fused-ring (bicyclic) bond motifs is 1. The van der Waals surface area contributed by atoms with Crippen LogP contribution in [0.25, 0.3) is 0 Å². The summed E-state index contributed by atoms with van der Waals surface area (Å²) in [4.78, 5) is 2.48. The quantitative estimate of drug-likeness (QED) is 0.855. The first-order valence-electron chi connectivity index (χ1n) is 8.11. The van der Waals surface area contributed by atoms with Crippen molar-refractivity contribution in [3.63, 3.8) is 0 Å². The molecule has 0 bridgehead atoms. The number of piperidine rings is 1. The van der Waals surface area contributed by atoms with Crippen molar-refractivity contribution in [3.05, 3.63) is 34.9 Å². The van der Waals surface area contributed by atoms with Crippen molar-refractivity contribution < 1.29 is 4.74 Å². The summed E-state index contributed by atoms with van der Waals surface area (Å²) in [5, 5.41) is 9.82. The highest BCUT2D eigenvalue weighted by molar-refractivity contribution is 5.41. The standard InChI is InChI=1S/C18H24N2O/c1-15-5-6-16-7-12-21-18(14-19,17(16)13-15)8-11-20-9-3-2-4-10-20/h5-6,13H,2-4,7-12H2,1H3. The molecule has 1 fully saturated rings. The van der Waals surface area contributed by atoms with E-state index in [0.717, 1.165) is 24.9 Å². The van der Waals surface area contributed by atoms with Gasteiger partial charge in [-0.15, -0.1) is 0 Å². The van der Waals surface area contributed by atoms with Crippen molar-refractivity contribution in [1.29, 1.82) is 5.26 Å². The van der Waals surface area contributed by atoms with E-state index in [-0.39, 0.29) is 0 Å². The van der Waals surface area contributed by atoms with E-state index in [4.69, 9.17) is 4.74 Å². The van der Waals surface area contributed by atoms with Gasteiger partial charge in [-0.3, -0.25) is 0 Å². The number of benzene rings is 1. The largest absolute Gasteiger partial charge is 0.355 e. The maximum atomic E-state index is 9.82. The Kier molecular flexibility index (Phi) is 4.28. The third-order valence-corrected chi connectivity index (χ3v) is 4.83. The number of ether oxygens (including phenoxy) is 1. The number of likely N-dealkylation sites (tertiary alicyclic amines) is 1. The van der Waals surface area contributed by atoms with E-state index in [9.17, 15) is 5.26 Å².